The van der Waals surface area contributed by atoms with Gasteiger partial charge >= 0.3 is 6.03 Å². The average molecular weight is 311 g/mol. The summed E-state index contributed by atoms with van der Waals surface area (Å²) in [5, 5.41) is 15.5. The average Bonchev–Trinajstić information content (AvgIpc) is 2.38. The van der Waals surface area contributed by atoms with Gasteiger partial charge in [0, 0.05) is 27.0 Å². The molecule has 0 aliphatic heterocycles. The predicted octanol–water partition coefficient (Wildman–Crippen LogP) is 4.13. The van der Waals surface area contributed by atoms with Gasteiger partial charge in [0.2, 0.25) is 0 Å². The quantitative estimate of drug-likeness (QED) is 0.798. The van der Waals surface area contributed by atoms with Crippen molar-refractivity contribution in [3.05, 3.63) is 58.1 Å². The molecule has 2 aromatic rings. The Hall–Kier alpha value is -1.75. The van der Waals surface area contributed by atoms with Crippen molar-refractivity contribution in [1.82, 2.24) is 0 Å². The molecule has 0 aliphatic rings. The Labute approximate surface area is 126 Å². The number of carbonyl (C=O) groups is 1. The number of rotatable bonds is 3. The molecule has 0 saturated carbocycles. The minimum Gasteiger partial charge on any atom is -0.392 e. The first-order valence-electron chi connectivity index (χ1n) is 5.81. The van der Waals surface area contributed by atoms with Crippen molar-refractivity contribution in [3.63, 3.8) is 0 Å². The number of carbonyl (C=O) groups excluding carboxylic acids is 1. The highest BCUT2D eigenvalue weighted by Crippen LogP contribution is 2.22. The number of nitrogens with one attached hydrogen (secondary N) is 2. The van der Waals surface area contributed by atoms with E-state index in [-0.39, 0.29) is 6.61 Å². The van der Waals surface area contributed by atoms with E-state index < -0.39 is 6.03 Å². The lowest BCUT2D eigenvalue weighted by atomic mass is 10.2. The summed E-state index contributed by atoms with van der Waals surface area (Å²) in [5.41, 5.74) is 1.61. The van der Waals surface area contributed by atoms with Gasteiger partial charge in [-0.1, -0.05) is 35.3 Å². The Bertz CT molecular complexity index is 632. The van der Waals surface area contributed by atoms with E-state index in [1.807, 2.05) is 0 Å². The van der Waals surface area contributed by atoms with Crippen LogP contribution in [0.1, 0.15) is 5.56 Å². The molecular weight excluding hydrogens is 299 g/mol. The van der Waals surface area contributed by atoms with Crippen LogP contribution in [0, 0.1) is 0 Å². The molecule has 2 rings (SSSR count). The second-order valence-electron chi connectivity index (χ2n) is 4.05. The third-order valence-corrected chi connectivity index (χ3v) is 3.04. The van der Waals surface area contributed by atoms with Crippen LogP contribution >= 0.6 is 23.2 Å². The van der Waals surface area contributed by atoms with Crippen LogP contribution in [-0.2, 0) is 6.61 Å². The van der Waals surface area contributed by atoms with Gasteiger partial charge in [-0.3, -0.25) is 0 Å². The summed E-state index contributed by atoms with van der Waals surface area (Å²) in [4.78, 5) is 11.9. The molecule has 0 aromatic heterocycles. The molecule has 6 heteroatoms. The number of halogens is 2. The first-order chi connectivity index (χ1) is 9.58. The van der Waals surface area contributed by atoms with Crippen LogP contribution in [-0.4, -0.2) is 11.1 Å². The molecule has 2 aromatic carbocycles. The fourth-order valence-electron chi connectivity index (χ4n) is 1.65. The Kier molecular flexibility index (Phi) is 4.84. The van der Waals surface area contributed by atoms with Gasteiger partial charge in [0.25, 0.3) is 0 Å². The van der Waals surface area contributed by atoms with Gasteiger partial charge in [-0.25, -0.2) is 4.79 Å². The van der Waals surface area contributed by atoms with Crippen molar-refractivity contribution in [2.45, 2.75) is 6.61 Å². The van der Waals surface area contributed by atoms with Gasteiger partial charge < -0.3 is 15.7 Å². The molecule has 0 bridgehead atoms. The van der Waals surface area contributed by atoms with Crippen LogP contribution in [0.5, 0.6) is 0 Å². The lowest BCUT2D eigenvalue weighted by molar-refractivity contribution is 0.262. The van der Waals surface area contributed by atoms with Gasteiger partial charge in [-0.15, -0.1) is 0 Å². The standard InChI is InChI=1S/C14H12Cl2N2O2/c15-10-2-1-3-12(6-10)17-14(20)18-13-7-11(16)5-4-9(13)8-19/h1-7,19H,8H2,(H2,17,18,20). The van der Waals surface area contributed by atoms with Gasteiger partial charge in [-0.05, 0) is 30.3 Å². The maximum absolute atomic E-state index is 11.9. The molecule has 0 saturated heterocycles. The highest BCUT2D eigenvalue weighted by Gasteiger charge is 2.07. The zero-order chi connectivity index (χ0) is 14.5. The van der Waals surface area contributed by atoms with E-state index in [2.05, 4.69) is 10.6 Å². The summed E-state index contributed by atoms with van der Waals surface area (Å²) in [6.07, 6.45) is 0. The highest BCUT2D eigenvalue weighted by molar-refractivity contribution is 6.31. The molecular formula is C14H12Cl2N2O2. The zero-order valence-corrected chi connectivity index (χ0v) is 11.9. The number of aliphatic hydroxyl groups excluding tert-OH is 1. The van der Waals surface area contributed by atoms with Crippen LogP contribution in [0.25, 0.3) is 0 Å². The summed E-state index contributed by atoms with van der Waals surface area (Å²) in [6, 6.07) is 11.2. The van der Waals surface area contributed by atoms with E-state index in [4.69, 9.17) is 23.2 Å². The summed E-state index contributed by atoms with van der Waals surface area (Å²) >= 11 is 11.7. The molecule has 0 heterocycles. The molecule has 0 spiro atoms. The van der Waals surface area contributed by atoms with Crippen molar-refractivity contribution < 1.29 is 9.90 Å². The van der Waals surface area contributed by atoms with Gasteiger partial charge in [0.05, 0.1) is 6.61 Å². The van der Waals surface area contributed by atoms with Crippen LogP contribution in [0.2, 0.25) is 10.0 Å². The minimum atomic E-state index is -0.441. The molecule has 4 nitrogen and oxygen atoms in total. The van der Waals surface area contributed by atoms with E-state index in [0.717, 1.165) is 0 Å². The topological polar surface area (TPSA) is 61.4 Å². The van der Waals surface area contributed by atoms with E-state index in [9.17, 15) is 9.90 Å². The Balaban J connectivity index is 2.10. The summed E-state index contributed by atoms with van der Waals surface area (Å²) in [6.45, 7) is -0.191. The van der Waals surface area contributed by atoms with E-state index >= 15 is 0 Å². The third-order valence-electron chi connectivity index (χ3n) is 2.57. The molecule has 0 atom stereocenters. The van der Waals surface area contributed by atoms with E-state index in [0.29, 0.717) is 27.0 Å². The number of urea groups is 1. The molecule has 3 N–H and O–H groups in total. The lowest BCUT2D eigenvalue weighted by Crippen LogP contribution is -2.20. The first-order valence-corrected chi connectivity index (χ1v) is 6.57. The van der Waals surface area contributed by atoms with Crippen molar-refractivity contribution in [2.24, 2.45) is 0 Å². The maximum Gasteiger partial charge on any atom is 0.323 e. The Morgan fingerprint density at radius 1 is 1.05 bits per heavy atom. The van der Waals surface area contributed by atoms with Crippen molar-refractivity contribution in [1.29, 1.82) is 0 Å². The second kappa shape index (κ2) is 6.61. The summed E-state index contributed by atoms with van der Waals surface area (Å²) in [5.74, 6) is 0. The third kappa shape index (κ3) is 3.87. The maximum atomic E-state index is 11.9. The zero-order valence-electron chi connectivity index (χ0n) is 10.4. The van der Waals surface area contributed by atoms with Gasteiger partial charge in [-0.2, -0.15) is 0 Å². The monoisotopic (exact) mass is 310 g/mol. The number of hydrogen-bond donors (Lipinski definition) is 3. The van der Waals surface area contributed by atoms with Crippen LogP contribution < -0.4 is 10.6 Å². The number of hydrogen-bond acceptors (Lipinski definition) is 2. The van der Waals surface area contributed by atoms with E-state index in [1.54, 1.807) is 42.5 Å². The highest BCUT2D eigenvalue weighted by atomic mass is 35.5. The number of benzene rings is 2. The number of aliphatic hydroxyl groups is 1. The Morgan fingerprint density at radius 3 is 2.50 bits per heavy atom. The van der Waals surface area contributed by atoms with Crippen molar-refractivity contribution in [3.8, 4) is 0 Å². The summed E-state index contributed by atoms with van der Waals surface area (Å²) < 4.78 is 0. The Morgan fingerprint density at radius 2 is 1.80 bits per heavy atom. The molecule has 2 amide bonds. The van der Waals surface area contributed by atoms with Crippen LogP contribution in [0.4, 0.5) is 16.2 Å². The van der Waals surface area contributed by atoms with Crippen molar-refractivity contribution in [2.75, 3.05) is 10.6 Å². The molecule has 0 radical (unpaired) electrons. The predicted molar refractivity (Wildman–Crippen MR) is 81.5 cm³/mol. The van der Waals surface area contributed by atoms with E-state index in [1.165, 1.54) is 0 Å². The largest absolute Gasteiger partial charge is 0.392 e. The second-order valence-corrected chi connectivity index (χ2v) is 4.92. The first kappa shape index (κ1) is 14.7. The van der Waals surface area contributed by atoms with Crippen molar-refractivity contribution >= 4 is 40.6 Å². The smallest absolute Gasteiger partial charge is 0.323 e. The summed E-state index contributed by atoms with van der Waals surface area (Å²) in [7, 11) is 0. The fourth-order valence-corrected chi connectivity index (χ4v) is 2.02. The number of anilines is 2. The van der Waals surface area contributed by atoms with Gasteiger partial charge in [0.1, 0.15) is 0 Å². The van der Waals surface area contributed by atoms with Crippen LogP contribution in [0.3, 0.4) is 0 Å². The molecule has 0 fully saturated rings. The normalized spacial score (nSPS) is 10.2. The molecule has 104 valence electrons. The fraction of sp³-hybridized carbons (Fsp3) is 0.0714. The molecule has 20 heavy (non-hydrogen) atoms. The molecule has 0 aliphatic carbocycles. The lowest BCUT2D eigenvalue weighted by Gasteiger charge is -2.11. The minimum absolute atomic E-state index is 0.191. The van der Waals surface area contributed by atoms with Crippen LogP contribution in [0.15, 0.2) is 42.5 Å². The molecule has 0 unspecified atom stereocenters. The number of amides is 2. The SMILES string of the molecule is O=C(Nc1cccc(Cl)c1)Nc1cc(Cl)ccc1CO. The van der Waals surface area contributed by atoms with Gasteiger partial charge in [0.15, 0.2) is 0 Å².